The van der Waals surface area contributed by atoms with E-state index in [2.05, 4.69) is 75.5 Å². The summed E-state index contributed by atoms with van der Waals surface area (Å²) in [4.78, 5) is 12.4. The highest BCUT2D eigenvalue weighted by molar-refractivity contribution is 7.99. The van der Waals surface area contributed by atoms with E-state index in [0.717, 1.165) is 47.2 Å². The van der Waals surface area contributed by atoms with Crippen LogP contribution in [0.2, 0.25) is 0 Å². The number of rotatable bonds is 11. The van der Waals surface area contributed by atoms with Crippen molar-refractivity contribution in [1.29, 1.82) is 0 Å². The van der Waals surface area contributed by atoms with E-state index in [1.54, 1.807) is 11.8 Å². The van der Waals surface area contributed by atoms with Crippen LogP contribution in [-0.4, -0.2) is 26.4 Å². The maximum absolute atomic E-state index is 12.4. The second-order valence-electron chi connectivity index (χ2n) is 8.69. The summed E-state index contributed by atoms with van der Waals surface area (Å²) < 4.78 is 2.18. The minimum Gasteiger partial charge on any atom is -0.350 e. The van der Waals surface area contributed by atoms with Gasteiger partial charge in [-0.1, -0.05) is 90.6 Å². The molecule has 5 nitrogen and oxygen atoms in total. The molecule has 0 aliphatic heterocycles. The third-order valence-corrected chi connectivity index (χ3v) is 6.98. The number of nitrogens with one attached hydrogen (secondary N) is 1. The molecule has 1 N–H and O–H groups in total. The number of carbonyl (C=O) groups excluding carboxylic acids is 1. The Hall–Kier alpha value is -3.38. The standard InChI is InChI=1S/C29H32N4OS/c1-22-13-9-10-18-26(22)33-27(21-24-14-5-3-6-15-24)31-32-29(33)35-20-12-11-19-28(34)30-23(2)25-16-7-4-8-17-25/h3-10,13-18,23H,11-12,19-21H2,1-2H3,(H,30,34). The fraction of sp³-hybridized carbons (Fsp3) is 0.276. The molecule has 1 heterocycles. The monoisotopic (exact) mass is 484 g/mol. The average molecular weight is 485 g/mol. The molecule has 0 fully saturated rings. The van der Waals surface area contributed by atoms with Crippen LogP contribution >= 0.6 is 11.8 Å². The van der Waals surface area contributed by atoms with Crippen molar-refractivity contribution in [3.8, 4) is 5.69 Å². The average Bonchev–Trinajstić information content (AvgIpc) is 3.27. The summed E-state index contributed by atoms with van der Waals surface area (Å²) in [7, 11) is 0. The van der Waals surface area contributed by atoms with E-state index in [-0.39, 0.29) is 11.9 Å². The smallest absolute Gasteiger partial charge is 0.220 e. The molecule has 1 unspecified atom stereocenters. The number of carbonyl (C=O) groups is 1. The molecule has 180 valence electrons. The van der Waals surface area contributed by atoms with Crippen LogP contribution in [-0.2, 0) is 11.2 Å². The first-order valence-electron chi connectivity index (χ1n) is 12.1. The number of hydrogen-bond donors (Lipinski definition) is 1. The number of thioether (sulfide) groups is 1. The van der Waals surface area contributed by atoms with Crippen molar-refractivity contribution in [2.24, 2.45) is 0 Å². The number of aromatic nitrogens is 3. The number of benzene rings is 3. The molecule has 4 rings (SSSR count). The molecule has 0 saturated carbocycles. The van der Waals surface area contributed by atoms with E-state index in [4.69, 9.17) is 0 Å². The number of unbranched alkanes of at least 4 members (excludes halogenated alkanes) is 1. The van der Waals surface area contributed by atoms with Gasteiger partial charge >= 0.3 is 0 Å². The molecular weight excluding hydrogens is 452 g/mol. The van der Waals surface area contributed by atoms with Crippen LogP contribution in [0.5, 0.6) is 0 Å². The quantitative estimate of drug-likeness (QED) is 0.200. The summed E-state index contributed by atoms with van der Waals surface area (Å²) in [5.41, 5.74) is 4.63. The highest BCUT2D eigenvalue weighted by Gasteiger charge is 2.16. The van der Waals surface area contributed by atoms with Crippen LogP contribution in [0.15, 0.2) is 90.1 Å². The van der Waals surface area contributed by atoms with Gasteiger partial charge < -0.3 is 5.32 Å². The molecule has 6 heteroatoms. The fourth-order valence-electron chi connectivity index (χ4n) is 4.03. The van der Waals surface area contributed by atoms with Crippen LogP contribution in [0.3, 0.4) is 0 Å². The van der Waals surface area contributed by atoms with Gasteiger partial charge in [-0.2, -0.15) is 0 Å². The largest absolute Gasteiger partial charge is 0.350 e. The lowest BCUT2D eigenvalue weighted by atomic mass is 10.1. The van der Waals surface area contributed by atoms with Crippen molar-refractivity contribution < 1.29 is 4.79 Å². The highest BCUT2D eigenvalue weighted by Crippen LogP contribution is 2.26. The molecule has 1 amide bonds. The van der Waals surface area contributed by atoms with Crippen LogP contribution in [0, 0.1) is 6.92 Å². The molecule has 0 aliphatic carbocycles. The number of amides is 1. The van der Waals surface area contributed by atoms with Gasteiger partial charge in [-0.15, -0.1) is 10.2 Å². The van der Waals surface area contributed by atoms with Crippen LogP contribution in [0.25, 0.3) is 5.69 Å². The van der Waals surface area contributed by atoms with Crippen LogP contribution in [0.4, 0.5) is 0 Å². The molecule has 1 aromatic heterocycles. The first kappa shape index (κ1) is 24.7. The zero-order valence-electron chi connectivity index (χ0n) is 20.4. The van der Waals surface area contributed by atoms with E-state index in [9.17, 15) is 4.79 Å². The number of nitrogens with zero attached hydrogens (tertiary/aromatic N) is 3. The lowest BCUT2D eigenvalue weighted by molar-refractivity contribution is -0.121. The van der Waals surface area contributed by atoms with Gasteiger partial charge in [-0.3, -0.25) is 9.36 Å². The summed E-state index contributed by atoms with van der Waals surface area (Å²) in [6.45, 7) is 4.14. The Bertz CT molecular complexity index is 1220. The Morgan fingerprint density at radius 2 is 1.60 bits per heavy atom. The normalized spacial score (nSPS) is 11.8. The summed E-state index contributed by atoms with van der Waals surface area (Å²) in [5.74, 6) is 1.92. The van der Waals surface area contributed by atoms with Crippen LogP contribution in [0.1, 0.15) is 54.7 Å². The molecule has 0 bridgehead atoms. The summed E-state index contributed by atoms with van der Waals surface area (Å²) in [6.07, 6.45) is 3.03. The first-order valence-corrected chi connectivity index (χ1v) is 13.1. The van der Waals surface area contributed by atoms with Gasteiger partial charge in [-0.25, -0.2) is 0 Å². The van der Waals surface area contributed by atoms with Crippen LogP contribution < -0.4 is 5.32 Å². The van der Waals surface area contributed by atoms with Crippen molar-refractivity contribution in [2.75, 3.05) is 5.75 Å². The Morgan fingerprint density at radius 1 is 0.914 bits per heavy atom. The van der Waals surface area contributed by atoms with Gasteiger partial charge in [0, 0.05) is 18.6 Å². The minimum absolute atomic E-state index is 0.0220. The lowest BCUT2D eigenvalue weighted by Gasteiger charge is -2.14. The van der Waals surface area contributed by atoms with Crippen molar-refractivity contribution in [1.82, 2.24) is 20.1 Å². The third-order valence-electron chi connectivity index (χ3n) is 5.97. The molecule has 3 aromatic carbocycles. The predicted molar refractivity (Wildman–Crippen MR) is 143 cm³/mol. The first-order chi connectivity index (χ1) is 17.1. The Kier molecular flexibility index (Phi) is 8.74. The van der Waals surface area contributed by atoms with E-state index < -0.39 is 0 Å². The van der Waals surface area contributed by atoms with Crippen molar-refractivity contribution >= 4 is 17.7 Å². The maximum Gasteiger partial charge on any atom is 0.220 e. The predicted octanol–water partition coefficient (Wildman–Crippen LogP) is 6.31. The molecule has 0 aliphatic rings. The lowest BCUT2D eigenvalue weighted by Crippen LogP contribution is -2.26. The minimum atomic E-state index is 0.0220. The molecular formula is C29H32N4OS. The van der Waals surface area contributed by atoms with Crippen molar-refractivity contribution in [3.63, 3.8) is 0 Å². The molecule has 4 aromatic rings. The number of para-hydroxylation sites is 1. The summed E-state index contributed by atoms with van der Waals surface area (Å²) in [6, 6.07) is 28.8. The van der Waals surface area contributed by atoms with Gasteiger partial charge in [-0.05, 0) is 49.4 Å². The zero-order chi connectivity index (χ0) is 24.5. The van der Waals surface area contributed by atoms with E-state index in [0.29, 0.717) is 6.42 Å². The number of aryl methyl sites for hydroxylation is 1. The Labute approximate surface area is 212 Å². The highest BCUT2D eigenvalue weighted by atomic mass is 32.2. The van der Waals surface area contributed by atoms with Crippen molar-refractivity contribution in [3.05, 3.63) is 107 Å². The molecule has 0 spiro atoms. The molecule has 35 heavy (non-hydrogen) atoms. The SMILES string of the molecule is Cc1ccccc1-n1c(Cc2ccccc2)nnc1SCCCCC(=O)NC(C)c1ccccc1. The fourth-order valence-corrected chi connectivity index (χ4v) is 5.00. The Morgan fingerprint density at radius 3 is 2.34 bits per heavy atom. The molecule has 0 saturated heterocycles. The van der Waals surface area contributed by atoms with Gasteiger partial charge in [0.1, 0.15) is 5.82 Å². The van der Waals surface area contributed by atoms with Gasteiger partial charge in [0.05, 0.1) is 11.7 Å². The second kappa shape index (κ2) is 12.4. The van der Waals surface area contributed by atoms with E-state index in [1.807, 2.05) is 43.3 Å². The van der Waals surface area contributed by atoms with E-state index >= 15 is 0 Å². The van der Waals surface area contributed by atoms with Crippen molar-refractivity contribution in [2.45, 2.75) is 50.7 Å². The summed E-state index contributed by atoms with van der Waals surface area (Å²) >= 11 is 1.70. The third kappa shape index (κ3) is 6.83. The zero-order valence-corrected chi connectivity index (χ0v) is 21.2. The van der Waals surface area contributed by atoms with E-state index in [1.165, 1.54) is 11.1 Å². The van der Waals surface area contributed by atoms with Gasteiger partial charge in [0.15, 0.2) is 5.16 Å². The summed E-state index contributed by atoms with van der Waals surface area (Å²) in [5, 5.41) is 13.1. The number of hydrogen-bond acceptors (Lipinski definition) is 4. The Balaban J connectivity index is 1.34. The molecule has 1 atom stereocenters. The topological polar surface area (TPSA) is 59.8 Å². The van der Waals surface area contributed by atoms with Gasteiger partial charge in [0.2, 0.25) is 5.91 Å². The molecule has 0 radical (unpaired) electrons. The second-order valence-corrected chi connectivity index (χ2v) is 9.75. The maximum atomic E-state index is 12.4. The van der Waals surface area contributed by atoms with Gasteiger partial charge in [0.25, 0.3) is 0 Å².